The van der Waals surface area contributed by atoms with E-state index in [2.05, 4.69) is 12.0 Å². The van der Waals surface area contributed by atoms with Gasteiger partial charge >= 0.3 is 0 Å². The van der Waals surface area contributed by atoms with Crippen LogP contribution in [0.15, 0.2) is 48.7 Å². The molecule has 0 saturated carbocycles. The van der Waals surface area contributed by atoms with E-state index in [0.29, 0.717) is 5.39 Å². The van der Waals surface area contributed by atoms with E-state index in [1.165, 1.54) is 6.07 Å². The Balaban J connectivity index is 2.12. The maximum Gasteiger partial charge on any atom is 0.131 e. The van der Waals surface area contributed by atoms with E-state index in [9.17, 15) is 4.39 Å². The van der Waals surface area contributed by atoms with Crippen LogP contribution in [0.25, 0.3) is 10.8 Å². The fourth-order valence-corrected chi connectivity index (χ4v) is 2.72. The van der Waals surface area contributed by atoms with Crippen LogP contribution in [0.5, 0.6) is 0 Å². The largest absolute Gasteiger partial charge is 0.319 e. The van der Waals surface area contributed by atoms with Crippen molar-refractivity contribution in [3.05, 3.63) is 65.7 Å². The van der Waals surface area contributed by atoms with E-state index in [1.807, 2.05) is 28.9 Å². The normalized spacial score (nSPS) is 12.7. The number of aryl methyl sites for hydroxylation is 1. The summed E-state index contributed by atoms with van der Waals surface area (Å²) >= 11 is 0. The third-order valence-electron chi connectivity index (χ3n) is 3.74. The Labute approximate surface area is 123 Å². The first-order chi connectivity index (χ1) is 10.2. The highest BCUT2D eigenvalue weighted by molar-refractivity contribution is 5.87. The van der Waals surface area contributed by atoms with Gasteiger partial charge < -0.3 is 5.73 Å². The van der Waals surface area contributed by atoms with E-state index in [1.54, 1.807) is 18.3 Å². The summed E-state index contributed by atoms with van der Waals surface area (Å²) in [6.07, 6.45) is 2.75. The molecule has 1 heterocycles. The first-order valence-electron chi connectivity index (χ1n) is 7.16. The van der Waals surface area contributed by atoms with Gasteiger partial charge in [0.2, 0.25) is 0 Å². The number of nitrogens with zero attached hydrogens (tertiary/aromatic N) is 2. The average molecular weight is 283 g/mol. The molecule has 0 saturated heterocycles. The van der Waals surface area contributed by atoms with Crippen LogP contribution in [0.2, 0.25) is 0 Å². The van der Waals surface area contributed by atoms with E-state index < -0.39 is 0 Å². The number of fused-ring (bicyclic) bond motifs is 1. The summed E-state index contributed by atoms with van der Waals surface area (Å²) in [7, 11) is 0. The molecule has 1 unspecified atom stereocenters. The fourth-order valence-electron chi connectivity index (χ4n) is 2.72. The van der Waals surface area contributed by atoms with E-state index in [-0.39, 0.29) is 11.9 Å². The van der Waals surface area contributed by atoms with Gasteiger partial charge in [0.05, 0.1) is 11.7 Å². The van der Waals surface area contributed by atoms with Crippen molar-refractivity contribution in [2.24, 2.45) is 5.73 Å². The molecule has 21 heavy (non-hydrogen) atoms. The third-order valence-corrected chi connectivity index (χ3v) is 3.74. The molecule has 4 heteroatoms. The van der Waals surface area contributed by atoms with Gasteiger partial charge in [-0.25, -0.2) is 4.39 Å². The molecule has 0 spiro atoms. The van der Waals surface area contributed by atoms with Crippen LogP contribution in [0, 0.1) is 5.82 Å². The molecular weight excluding hydrogens is 265 g/mol. The summed E-state index contributed by atoms with van der Waals surface area (Å²) in [6.45, 7) is 2.93. The minimum Gasteiger partial charge on any atom is -0.319 e. The highest BCUT2D eigenvalue weighted by atomic mass is 19.1. The van der Waals surface area contributed by atoms with Crippen molar-refractivity contribution in [1.82, 2.24) is 9.78 Å². The summed E-state index contributed by atoms with van der Waals surface area (Å²) < 4.78 is 15.8. The van der Waals surface area contributed by atoms with Crippen LogP contribution in [0.1, 0.15) is 30.6 Å². The summed E-state index contributed by atoms with van der Waals surface area (Å²) in [5.74, 6) is -0.219. The number of benzene rings is 2. The molecule has 3 aromatic rings. The molecule has 0 fully saturated rings. The monoisotopic (exact) mass is 283 g/mol. The molecule has 0 aliphatic carbocycles. The van der Waals surface area contributed by atoms with Gasteiger partial charge in [0.1, 0.15) is 5.82 Å². The minimum atomic E-state index is -0.315. The number of hydrogen-bond donors (Lipinski definition) is 1. The SMILES string of the molecule is CCCn1nccc1C(N)c1ccc(F)c2ccccc12. The summed E-state index contributed by atoms with van der Waals surface area (Å²) in [6, 6.07) is 12.3. The fraction of sp³-hybridized carbons (Fsp3) is 0.235. The second-order valence-corrected chi connectivity index (χ2v) is 5.14. The van der Waals surface area contributed by atoms with Gasteiger partial charge in [-0.15, -0.1) is 0 Å². The van der Waals surface area contributed by atoms with Crippen molar-refractivity contribution in [3.63, 3.8) is 0 Å². The van der Waals surface area contributed by atoms with Crippen molar-refractivity contribution in [1.29, 1.82) is 0 Å². The highest BCUT2D eigenvalue weighted by Crippen LogP contribution is 2.28. The number of rotatable bonds is 4. The molecule has 1 aromatic heterocycles. The molecule has 2 N–H and O–H groups in total. The van der Waals surface area contributed by atoms with Crippen molar-refractivity contribution in [2.45, 2.75) is 25.9 Å². The first kappa shape index (κ1) is 13.8. The van der Waals surface area contributed by atoms with Gasteiger partial charge in [-0.1, -0.05) is 37.3 Å². The van der Waals surface area contributed by atoms with Gasteiger partial charge in [-0.2, -0.15) is 5.10 Å². The van der Waals surface area contributed by atoms with Gasteiger partial charge in [0.25, 0.3) is 0 Å². The van der Waals surface area contributed by atoms with Crippen molar-refractivity contribution < 1.29 is 4.39 Å². The van der Waals surface area contributed by atoms with Gasteiger partial charge in [-0.3, -0.25) is 4.68 Å². The molecule has 2 aromatic carbocycles. The van der Waals surface area contributed by atoms with Gasteiger partial charge in [-0.05, 0) is 29.5 Å². The van der Waals surface area contributed by atoms with Crippen LogP contribution in [0.3, 0.4) is 0 Å². The lowest BCUT2D eigenvalue weighted by molar-refractivity contribution is 0.560. The Kier molecular flexibility index (Phi) is 3.71. The van der Waals surface area contributed by atoms with Crippen molar-refractivity contribution in [3.8, 4) is 0 Å². The summed E-state index contributed by atoms with van der Waals surface area (Å²) in [5.41, 5.74) is 8.30. The second-order valence-electron chi connectivity index (χ2n) is 5.14. The zero-order valence-corrected chi connectivity index (χ0v) is 12.0. The van der Waals surface area contributed by atoms with Crippen LogP contribution in [0.4, 0.5) is 4.39 Å². The topological polar surface area (TPSA) is 43.8 Å². The summed E-state index contributed by atoms with van der Waals surface area (Å²) in [5, 5.41) is 5.77. The molecule has 1 atom stereocenters. The molecule has 3 rings (SSSR count). The van der Waals surface area contributed by atoms with Gasteiger partial charge in [0, 0.05) is 18.1 Å². The van der Waals surface area contributed by atoms with E-state index >= 15 is 0 Å². The number of nitrogens with two attached hydrogens (primary N) is 1. The minimum absolute atomic E-state index is 0.219. The Hall–Kier alpha value is -2.20. The predicted octanol–water partition coefficient (Wildman–Crippen LogP) is 3.63. The maximum absolute atomic E-state index is 13.9. The zero-order chi connectivity index (χ0) is 14.8. The molecule has 0 bridgehead atoms. The molecule has 0 aliphatic heterocycles. The molecular formula is C17H18FN3. The molecule has 108 valence electrons. The van der Waals surface area contributed by atoms with Crippen molar-refractivity contribution in [2.75, 3.05) is 0 Å². The predicted molar refractivity (Wildman–Crippen MR) is 82.5 cm³/mol. The number of hydrogen-bond acceptors (Lipinski definition) is 2. The Morgan fingerprint density at radius 3 is 2.67 bits per heavy atom. The van der Waals surface area contributed by atoms with Crippen LogP contribution in [-0.2, 0) is 6.54 Å². The number of aromatic nitrogens is 2. The lowest BCUT2D eigenvalue weighted by Crippen LogP contribution is -2.18. The van der Waals surface area contributed by atoms with Crippen LogP contribution >= 0.6 is 0 Å². The molecule has 0 amide bonds. The first-order valence-corrected chi connectivity index (χ1v) is 7.16. The quantitative estimate of drug-likeness (QED) is 0.794. The van der Waals surface area contributed by atoms with Gasteiger partial charge in [0.15, 0.2) is 0 Å². The lowest BCUT2D eigenvalue weighted by atomic mass is 9.97. The van der Waals surface area contributed by atoms with Crippen LogP contribution < -0.4 is 5.73 Å². The smallest absolute Gasteiger partial charge is 0.131 e. The Bertz CT molecular complexity index is 764. The molecule has 3 nitrogen and oxygen atoms in total. The van der Waals surface area contributed by atoms with E-state index in [0.717, 1.165) is 29.6 Å². The standard InChI is InChI=1S/C17H18FN3/c1-2-11-21-16(9-10-20-21)17(19)14-7-8-15(18)13-6-4-3-5-12(13)14/h3-10,17H,2,11,19H2,1H3. The lowest BCUT2D eigenvalue weighted by Gasteiger charge is -2.17. The summed E-state index contributed by atoms with van der Waals surface area (Å²) in [4.78, 5) is 0. The molecule has 0 aliphatic rings. The molecule has 0 radical (unpaired) electrons. The highest BCUT2D eigenvalue weighted by Gasteiger charge is 2.17. The Morgan fingerprint density at radius 1 is 1.14 bits per heavy atom. The second kappa shape index (κ2) is 5.66. The average Bonchev–Trinajstić information content (AvgIpc) is 2.96. The van der Waals surface area contributed by atoms with Crippen molar-refractivity contribution >= 4 is 10.8 Å². The zero-order valence-electron chi connectivity index (χ0n) is 12.0. The Morgan fingerprint density at radius 2 is 1.90 bits per heavy atom. The maximum atomic E-state index is 13.9. The van der Waals surface area contributed by atoms with Crippen LogP contribution in [-0.4, -0.2) is 9.78 Å². The number of halogens is 1. The third kappa shape index (κ3) is 2.43. The van der Waals surface area contributed by atoms with E-state index in [4.69, 9.17) is 5.73 Å².